The van der Waals surface area contributed by atoms with Gasteiger partial charge in [0.05, 0.1) is 0 Å². The minimum absolute atomic E-state index is 0.707. The summed E-state index contributed by atoms with van der Waals surface area (Å²) in [5.74, 6) is 1.01. The van der Waals surface area contributed by atoms with Crippen molar-refractivity contribution in [3.8, 4) is 5.75 Å². The van der Waals surface area contributed by atoms with Gasteiger partial charge in [0.1, 0.15) is 12.4 Å². The molecule has 0 saturated carbocycles. The predicted molar refractivity (Wildman–Crippen MR) is 80.1 cm³/mol. The lowest BCUT2D eigenvalue weighted by atomic mass is 10.1. The first-order chi connectivity index (χ1) is 9.15. The lowest BCUT2D eigenvalue weighted by molar-refractivity contribution is 0.144. The number of benzene rings is 1. The van der Waals surface area contributed by atoms with Crippen LogP contribution in [0.3, 0.4) is 0 Å². The van der Waals surface area contributed by atoms with Crippen LogP contribution in [-0.2, 0) is 4.74 Å². The van der Waals surface area contributed by atoms with E-state index in [2.05, 4.69) is 38.2 Å². The fourth-order valence-corrected chi connectivity index (χ4v) is 1.95. The second kappa shape index (κ2) is 8.94. The van der Waals surface area contributed by atoms with Crippen LogP contribution in [0.15, 0.2) is 12.1 Å². The third-order valence-corrected chi connectivity index (χ3v) is 3.15. The van der Waals surface area contributed by atoms with E-state index in [0.29, 0.717) is 6.61 Å². The molecular formula is C16H27NO2. The highest BCUT2D eigenvalue weighted by Gasteiger charge is 2.03. The standard InChI is InChI=1S/C16H27NO2/c1-5-18-9-6-7-17-8-10-19-16-12-13(2)11-14(3)15(16)4/h11-12,17H,5-10H2,1-4H3. The van der Waals surface area contributed by atoms with Gasteiger partial charge < -0.3 is 14.8 Å². The third kappa shape index (κ3) is 6.08. The Bertz CT molecular complexity index is 377. The molecule has 0 aliphatic carbocycles. The normalized spacial score (nSPS) is 10.7. The van der Waals surface area contributed by atoms with Crippen molar-refractivity contribution in [1.82, 2.24) is 5.32 Å². The van der Waals surface area contributed by atoms with Gasteiger partial charge >= 0.3 is 0 Å². The Morgan fingerprint density at radius 2 is 1.84 bits per heavy atom. The average Bonchev–Trinajstić information content (AvgIpc) is 2.38. The number of aryl methyl sites for hydroxylation is 2. The molecule has 1 aromatic carbocycles. The molecule has 0 saturated heterocycles. The van der Waals surface area contributed by atoms with E-state index in [1.165, 1.54) is 16.7 Å². The third-order valence-electron chi connectivity index (χ3n) is 3.15. The second-order valence-corrected chi connectivity index (χ2v) is 4.85. The largest absolute Gasteiger partial charge is 0.492 e. The molecule has 0 aliphatic rings. The minimum atomic E-state index is 0.707. The quantitative estimate of drug-likeness (QED) is 0.696. The van der Waals surface area contributed by atoms with Gasteiger partial charge in [-0.3, -0.25) is 0 Å². The van der Waals surface area contributed by atoms with Crippen LogP contribution in [0.2, 0.25) is 0 Å². The van der Waals surface area contributed by atoms with Crippen molar-refractivity contribution in [3.63, 3.8) is 0 Å². The SMILES string of the molecule is CCOCCCNCCOc1cc(C)cc(C)c1C. The van der Waals surface area contributed by atoms with E-state index >= 15 is 0 Å². The molecule has 0 heterocycles. The lowest BCUT2D eigenvalue weighted by Crippen LogP contribution is -2.23. The maximum atomic E-state index is 5.83. The van der Waals surface area contributed by atoms with Crippen LogP contribution in [0.4, 0.5) is 0 Å². The second-order valence-electron chi connectivity index (χ2n) is 4.85. The van der Waals surface area contributed by atoms with Crippen LogP contribution in [0.5, 0.6) is 5.75 Å². The van der Waals surface area contributed by atoms with Gasteiger partial charge in [-0.1, -0.05) is 6.07 Å². The van der Waals surface area contributed by atoms with Crippen LogP contribution in [0.1, 0.15) is 30.0 Å². The van der Waals surface area contributed by atoms with Gasteiger partial charge in [-0.2, -0.15) is 0 Å². The van der Waals surface area contributed by atoms with E-state index in [4.69, 9.17) is 9.47 Å². The van der Waals surface area contributed by atoms with Gasteiger partial charge in [-0.05, 0) is 63.4 Å². The van der Waals surface area contributed by atoms with Crippen LogP contribution in [0.25, 0.3) is 0 Å². The molecular weight excluding hydrogens is 238 g/mol. The highest BCUT2D eigenvalue weighted by atomic mass is 16.5. The summed E-state index contributed by atoms with van der Waals surface area (Å²) in [5, 5.41) is 3.36. The summed E-state index contributed by atoms with van der Waals surface area (Å²) >= 11 is 0. The van der Waals surface area contributed by atoms with Gasteiger partial charge in [0.15, 0.2) is 0 Å². The topological polar surface area (TPSA) is 30.5 Å². The Kier molecular flexibility index (Phi) is 7.53. The molecule has 0 bridgehead atoms. The molecule has 1 aromatic rings. The first-order valence-corrected chi connectivity index (χ1v) is 7.14. The maximum absolute atomic E-state index is 5.83. The average molecular weight is 265 g/mol. The molecule has 1 N–H and O–H groups in total. The molecule has 3 heteroatoms. The summed E-state index contributed by atoms with van der Waals surface area (Å²) in [5.41, 5.74) is 3.78. The molecule has 19 heavy (non-hydrogen) atoms. The van der Waals surface area contributed by atoms with Crippen LogP contribution in [-0.4, -0.2) is 32.9 Å². The minimum Gasteiger partial charge on any atom is -0.492 e. The number of hydrogen-bond donors (Lipinski definition) is 1. The molecule has 0 spiro atoms. The smallest absolute Gasteiger partial charge is 0.122 e. The lowest BCUT2D eigenvalue weighted by Gasteiger charge is -2.12. The van der Waals surface area contributed by atoms with E-state index in [1.54, 1.807) is 0 Å². The van der Waals surface area contributed by atoms with E-state index in [9.17, 15) is 0 Å². The van der Waals surface area contributed by atoms with Gasteiger partial charge in [0, 0.05) is 19.8 Å². The number of ether oxygens (including phenoxy) is 2. The Balaban J connectivity index is 2.19. The van der Waals surface area contributed by atoms with E-state index < -0.39 is 0 Å². The fourth-order valence-electron chi connectivity index (χ4n) is 1.95. The first-order valence-electron chi connectivity index (χ1n) is 7.14. The van der Waals surface area contributed by atoms with Crippen molar-refractivity contribution < 1.29 is 9.47 Å². The van der Waals surface area contributed by atoms with Crippen molar-refractivity contribution in [2.24, 2.45) is 0 Å². The summed E-state index contributed by atoms with van der Waals surface area (Å²) < 4.78 is 11.1. The van der Waals surface area contributed by atoms with Crippen molar-refractivity contribution in [3.05, 3.63) is 28.8 Å². The number of hydrogen-bond acceptors (Lipinski definition) is 3. The highest BCUT2D eigenvalue weighted by molar-refractivity contribution is 5.41. The van der Waals surface area contributed by atoms with Gasteiger partial charge in [-0.25, -0.2) is 0 Å². The van der Waals surface area contributed by atoms with Crippen LogP contribution >= 0.6 is 0 Å². The molecule has 0 aromatic heterocycles. The monoisotopic (exact) mass is 265 g/mol. The maximum Gasteiger partial charge on any atom is 0.122 e. The number of nitrogens with one attached hydrogen (secondary N) is 1. The molecule has 0 amide bonds. The first kappa shape index (κ1) is 16.0. The van der Waals surface area contributed by atoms with Crippen molar-refractivity contribution >= 4 is 0 Å². The molecule has 0 unspecified atom stereocenters. The van der Waals surface area contributed by atoms with Gasteiger partial charge in [-0.15, -0.1) is 0 Å². The van der Waals surface area contributed by atoms with E-state index in [0.717, 1.165) is 38.5 Å². The van der Waals surface area contributed by atoms with Crippen molar-refractivity contribution in [2.45, 2.75) is 34.1 Å². The predicted octanol–water partition coefficient (Wildman–Crippen LogP) is 3.01. The number of rotatable bonds is 9. The molecule has 0 atom stereocenters. The Labute approximate surface area is 117 Å². The summed E-state index contributed by atoms with van der Waals surface area (Å²) in [7, 11) is 0. The molecule has 108 valence electrons. The molecule has 1 rings (SSSR count). The van der Waals surface area contributed by atoms with Gasteiger partial charge in [0.25, 0.3) is 0 Å². The van der Waals surface area contributed by atoms with Crippen LogP contribution in [0, 0.1) is 20.8 Å². The Morgan fingerprint density at radius 1 is 1.05 bits per heavy atom. The van der Waals surface area contributed by atoms with E-state index in [1.807, 2.05) is 6.92 Å². The molecule has 0 aliphatic heterocycles. The molecule has 0 radical (unpaired) electrons. The molecule has 0 fully saturated rings. The van der Waals surface area contributed by atoms with E-state index in [-0.39, 0.29) is 0 Å². The fraction of sp³-hybridized carbons (Fsp3) is 0.625. The van der Waals surface area contributed by atoms with Gasteiger partial charge in [0.2, 0.25) is 0 Å². The summed E-state index contributed by atoms with van der Waals surface area (Å²) in [4.78, 5) is 0. The summed E-state index contributed by atoms with van der Waals surface area (Å²) in [6.07, 6.45) is 1.05. The highest BCUT2D eigenvalue weighted by Crippen LogP contribution is 2.22. The zero-order chi connectivity index (χ0) is 14.1. The Morgan fingerprint density at radius 3 is 2.58 bits per heavy atom. The van der Waals surface area contributed by atoms with Crippen molar-refractivity contribution in [2.75, 3.05) is 32.9 Å². The summed E-state index contributed by atoms with van der Waals surface area (Å²) in [6, 6.07) is 4.30. The zero-order valence-corrected chi connectivity index (χ0v) is 12.7. The van der Waals surface area contributed by atoms with Crippen molar-refractivity contribution in [1.29, 1.82) is 0 Å². The zero-order valence-electron chi connectivity index (χ0n) is 12.7. The summed E-state index contributed by atoms with van der Waals surface area (Å²) in [6.45, 7) is 12.6. The Hall–Kier alpha value is -1.06. The molecule has 3 nitrogen and oxygen atoms in total. The van der Waals surface area contributed by atoms with Crippen LogP contribution < -0.4 is 10.1 Å².